The van der Waals surface area contributed by atoms with E-state index in [0.29, 0.717) is 18.8 Å². The van der Waals surface area contributed by atoms with Gasteiger partial charge in [-0.15, -0.1) is 0 Å². The van der Waals surface area contributed by atoms with Crippen molar-refractivity contribution in [3.63, 3.8) is 0 Å². The van der Waals surface area contributed by atoms with E-state index in [-0.39, 0.29) is 23.3 Å². The number of ether oxygens (including phenoxy) is 1. The summed E-state index contributed by atoms with van der Waals surface area (Å²) in [5.41, 5.74) is 0.892. The largest absolute Gasteiger partial charge is 0.469 e. The van der Waals surface area contributed by atoms with Crippen molar-refractivity contribution in [1.82, 2.24) is 9.88 Å². The third-order valence-electron chi connectivity index (χ3n) is 5.84. The third kappa shape index (κ3) is 4.02. The van der Waals surface area contributed by atoms with Crippen molar-refractivity contribution in [3.8, 4) is 0 Å². The molecule has 25 heavy (non-hydrogen) atoms. The average Bonchev–Trinajstić information content (AvgIpc) is 3.22. The second-order valence-corrected chi connectivity index (χ2v) is 7.83. The van der Waals surface area contributed by atoms with Crippen LogP contribution >= 0.6 is 0 Å². The second-order valence-electron chi connectivity index (χ2n) is 7.83. The molecule has 1 aromatic rings. The van der Waals surface area contributed by atoms with Gasteiger partial charge < -0.3 is 9.64 Å². The molecule has 1 saturated heterocycles. The van der Waals surface area contributed by atoms with E-state index in [9.17, 15) is 9.59 Å². The summed E-state index contributed by atoms with van der Waals surface area (Å²) in [6.07, 6.45) is 9.47. The fourth-order valence-electron chi connectivity index (χ4n) is 4.55. The van der Waals surface area contributed by atoms with E-state index >= 15 is 0 Å². The summed E-state index contributed by atoms with van der Waals surface area (Å²) in [5.74, 6) is 0.451. The first kappa shape index (κ1) is 17.9. The highest BCUT2D eigenvalue weighted by molar-refractivity contribution is 5.79. The van der Waals surface area contributed by atoms with E-state index < -0.39 is 0 Å². The molecule has 0 bridgehead atoms. The Morgan fingerprint density at radius 1 is 1.32 bits per heavy atom. The Morgan fingerprint density at radius 2 is 2.08 bits per heavy atom. The Bertz CT molecular complexity index is 611. The van der Waals surface area contributed by atoms with Gasteiger partial charge in [0.1, 0.15) is 0 Å². The third-order valence-corrected chi connectivity index (χ3v) is 5.84. The minimum Gasteiger partial charge on any atom is -0.469 e. The van der Waals surface area contributed by atoms with Crippen LogP contribution in [0.15, 0.2) is 24.5 Å². The first-order chi connectivity index (χ1) is 12.0. The summed E-state index contributed by atoms with van der Waals surface area (Å²) in [5, 5.41) is 0. The number of aromatic nitrogens is 1. The summed E-state index contributed by atoms with van der Waals surface area (Å²) in [6.45, 7) is 2.98. The molecule has 2 atom stereocenters. The first-order valence-corrected chi connectivity index (χ1v) is 9.29. The molecule has 3 rings (SSSR count). The number of likely N-dealkylation sites (tertiary alicyclic amines) is 1. The Balaban J connectivity index is 1.75. The lowest BCUT2D eigenvalue weighted by Gasteiger charge is -2.32. The fourth-order valence-corrected chi connectivity index (χ4v) is 4.55. The van der Waals surface area contributed by atoms with Gasteiger partial charge >= 0.3 is 5.97 Å². The van der Waals surface area contributed by atoms with Crippen LogP contribution in [0, 0.1) is 11.3 Å². The minimum absolute atomic E-state index is 0.104. The fraction of sp³-hybridized carbons (Fsp3) is 0.650. The minimum atomic E-state index is -0.213. The molecule has 2 fully saturated rings. The molecule has 0 radical (unpaired) electrons. The Hall–Kier alpha value is -1.91. The lowest BCUT2D eigenvalue weighted by molar-refractivity contribution is -0.144. The van der Waals surface area contributed by atoms with E-state index in [4.69, 9.17) is 4.74 Å². The van der Waals surface area contributed by atoms with Crippen LogP contribution in [0.5, 0.6) is 0 Å². The highest BCUT2D eigenvalue weighted by Gasteiger charge is 2.42. The van der Waals surface area contributed by atoms with Crippen LogP contribution in [0.2, 0.25) is 0 Å². The second kappa shape index (κ2) is 7.54. The van der Waals surface area contributed by atoms with Crippen molar-refractivity contribution >= 4 is 11.9 Å². The molecule has 2 aliphatic rings. The maximum atomic E-state index is 13.2. The summed E-state index contributed by atoms with van der Waals surface area (Å²) in [4.78, 5) is 31.2. The van der Waals surface area contributed by atoms with Crippen molar-refractivity contribution in [2.24, 2.45) is 11.3 Å². The number of hydrogen-bond acceptors (Lipinski definition) is 4. The number of rotatable bonds is 5. The van der Waals surface area contributed by atoms with E-state index in [1.54, 1.807) is 6.20 Å². The van der Waals surface area contributed by atoms with E-state index in [2.05, 4.69) is 18.0 Å². The van der Waals surface area contributed by atoms with Gasteiger partial charge in [0.25, 0.3) is 0 Å². The van der Waals surface area contributed by atoms with Gasteiger partial charge in [-0.25, -0.2) is 0 Å². The topological polar surface area (TPSA) is 59.5 Å². The molecule has 1 aliphatic heterocycles. The smallest absolute Gasteiger partial charge is 0.306 e. The molecule has 1 saturated carbocycles. The Kier molecular flexibility index (Phi) is 5.40. The molecular formula is C20H28N2O3. The summed E-state index contributed by atoms with van der Waals surface area (Å²) < 4.78 is 4.88. The molecule has 1 amide bonds. The summed E-state index contributed by atoms with van der Waals surface area (Å²) in [6, 6.07) is 4.08. The van der Waals surface area contributed by atoms with Gasteiger partial charge in [0, 0.05) is 25.4 Å². The molecule has 0 N–H and O–H groups in total. The van der Waals surface area contributed by atoms with Crippen molar-refractivity contribution in [1.29, 1.82) is 0 Å². The van der Waals surface area contributed by atoms with Gasteiger partial charge in [-0.05, 0) is 42.2 Å². The molecule has 5 nitrogen and oxygen atoms in total. The van der Waals surface area contributed by atoms with Gasteiger partial charge in [0.2, 0.25) is 5.91 Å². The Labute approximate surface area is 149 Å². The molecule has 0 unspecified atom stereocenters. The normalized spacial score (nSPS) is 25.1. The van der Waals surface area contributed by atoms with Crippen LogP contribution in [0.4, 0.5) is 0 Å². The molecular weight excluding hydrogens is 316 g/mol. The van der Waals surface area contributed by atoms with E-state index in [1.165, 1.54) is 7.11 Å². The van der Waals surface area contributed by atoms with Crippen molar-refractivity contribution in [2.75, 3.05) is 13.7 Å². The maximum Gasteiger partial charge on any atom is 0.306 e. The van der Waals surface area contributed by atoms with Crippen LogP contribution in [0.1, 0.15) is 63.5 Å². The van der Waals surface area contributed by atoms with E-state index in [0.717, 1.165) is 44.2 Å². The summed E-state index contributed by atoms with van der Waals surface area (Å²) >= 11 is 0. The van der Waals surface area contributed by atoms with Gasteiger partial charge in [-0.2, -0.15) is 0 Å². The number of nitrogens with zero attached hydrogens (tertiary/aromatic N) is 2. The van der Waals surface area contributed by atoms with Crippen LogP contribution < -0.4 is 0 Å². The van der Waals surface area contributed by atoms with Crippen molar-refractivity contribution in [2.45, 2.75) is 57.9 Å². The maximum absolute atomic E-state index is 13.2. The lowest BCUT2D eigenvalue weighted by atomic mass is 9.79. The Morgan fingerprint density at radius 3 is 2.72 bits per heavy atom. The highest BCUT2D eigenvalue weighted by Crippen LogP contribution is 2.46. The molecule has 0 spiro atoms. The van der Waals surface area contributed by atoms with Crippen LogP contribution in [-0.2, 0) is 14.3 Å². The molecule has 1 aliphatic carbocycles. The standard InChI is InChI=1S/C20H28N2O3/c1-15-10-17(16-6-5-9-21-13-16)22(14-15)18(23)11-20(7-3-4-8-20)12-19(24)25-2/h5-6,9,13,15,17H,3-4,7-8,10-12,14H2,1-2H3/t15-,17-/m0/s1. The van der Waals surface area contributed by atoms with Crippen LogP contribution in [-0.4, -0.2) is 35.4 Å². The molecule has 0 aromatic carbocycles. The molecule has 2 heterocycles. The number of esters is 1. The van der Waals surface area contributed by atoms with Gasteiger partial charge in [-0.3, -0.25) is 14.6 Å². The monoisotopic (exact) mass is 344 g/mol. The van der Waals surface area contributed by atoms with Crippen molar-refractivity contribution < 1.29 is 14.3 Å². The molecule has 5 heteroatoms. The lowest BCUT2D eigenvalue weighted by Crippen LogP contribution is -2.36. The van der Waals surface area contributed by atoms with Crippen LogP contribution in [0.3, 0.4) is 0 Å². The zero-order valence-electron chi connectivity index (χ0n) is 15.2. The van der Waals surface area contributed by atoms with Gasteiger partial charge in [0.15, 0.2) is 0 Å². The quantitative estimate of drug-likeness (QED) is 0.767. The number of carbonyl (C=O) groups excluding carboxylic acids is 2. The average molecular weight is 344 g/mol. The number of carbonyl (C=O) groups is 2. The zero-order valence-corrected chi connectivity index (χ0v) is 15.2. The SMILES string of the molecule is COC(=O)CC1(CC(=O)N2C[C@@H](C)C[C@H]2c2cccnc2)CCCC1. The number of hydrogen-bond donors (Lipinski definition) is 0. The molecule has 1 aromatic heterocycles. The highest BCUT2D eigenvalue weighted by atomic mass is 16.5. The van der Waals surface area contributed by atoms with E-state index in [1.807, 2.05) is 17.2 Å². The number of pyridine rings is 1. The van der Waals surface area contributed by atoms with Gasteiger partial charge in [0.05, 0.1) is 19.6 Å². The zero-order chi connectivity index (χ0) is 17.9. The first-order valence-electron chi connectivity index (χ1n) is 9.29. The molecule has 136 valence electrons. The summed E-state index contributed by atoms with van der Waals surface area (Å²) in [7, 11) is 1.42. The number of methoxy groups -OCH3 is 1. The van der Waals surface area contributed by atoms with Crippen molar-refractivity contribution in [3.05, 3.63) is 30.1 Å². The van der Waals surface area contributed by atoms with Gasteiger partial charge in [-0.1, -0.05) is 25.8 Å². The van der Waals surface area contributed by atoms with Crippen LogP contribution in [0.25, 0.3) is 0 Å². The predicted octanol–water partition coefficient (Wildman–Crippen LogP) is 3.50. The predicted molar refractivity (Wildman–Crippen MR) is 94.6 cm³/mol. The number of amides is 1.